The zero-order chi connectivity index (χ0) is 19.3. The molecule has 0 aliphatic heterocycles. The first kappa shape index (κ1) is 20.7. The maximum absolute atomic E-state index is 11.5. The van der Waals surface area contributed by atoms with Crippen molar-refractivity contribution in [3.8, 4) is 11.3 Å². The molecule has 4 rings (SSSR count). The van der Waals surface area contributed by atoms with Crippen molar-refractivity contribution in [2.45, 2.75) is 13.0 Å². The summed E-state index contributed by atoms with van der Waals surface area (Å²) in [5.41, 5.74) is 3.94. The number of aromatic amines is 1. The molecular weight excluding hydrogens is 388 g/mol. The standard InChI is InChI=1S/C23H22N2O3.ClH/c1-27-23(26)17-8-6-16(7-9-17)22-11-10-19(28-22)15-24-13-12-18-14-25-21-5-3-2-4-20(18)21;/h2-11,14,24-25H,12-13,15H2,1H3;1H. The Labute approximate surface area is 175 Å². The number of nitrogens with one attached hydrogen (secondary N) is 2. The van der Waals surface area contributed by atoms with Crippen molar-refractivity contribution in [1.82, 2.24) is 10.3 Å². The lowest BCUT2D eigenvalue weighted by atomic mass is 10.1. The van der Waals surface area contributed by atoms with Crippen molar-refractivity contribution >= 4 is 29.3 Å². The molecule has 0 radical (unpaired) electrons. The zero-order valence-electron chi connectivity index (χ0n) is 16.1. The molecule has 0 spiro atoms. The molecule has 5 nitrogen and oxygen atoms in total. The number of halogens is 1. The number of carbonyl (C=O) groups excluding carboxylic acids is 1. The van der Waals surface area contributed by atoms with Gasteiger partial charge in [0.05, 0.1) is 19.2 Å². The summed E-state index contributed by atoms with van der Waals surface area (Å²) in [6.07, 6.45) is 3.03. The molecule has 29 heavy (non-hydrogen) atoms. The Balaban J connectivity index is 0.00000240. The van der Waals surface area contributed by atoms with Crippen molar-refractivity contribution < 1.29 is 13.9 Å². The first-order valence-corrected chi connectivity index (χ1v) is 9.28. The Morgan fingerprint density at radius 1 is 1.07 bits per heavy atom. The third kappa shape index (κ3) is 4.70. The number of fused-ring (bicyclic) bond motifs is 1. The number of hydrogen-bond acceptors (Lipinski definition) is 4. The fourth-order valence-electron chi connectivity index (χ4n) is 3.29. The van der Waals surface area contributed by atoms with Gasteiger partial charge in [-0.2, -0.15) is 0 Å². The summed E-state index contributed by atoms with van der Waals surface area (Å²) in [6, 6.07) is 19.5. The number of ether oxygens (including phenoxy) is 1. The second-order valence-electron chi connectivity index (χ2n) is 6.62. The second kappa shape index (κ2) is 9.45. The highest BCUT2D eigenvalue weighted by Gasteiger charge is 2.08. The lowest BCUT2D eigenvalue weighted by molar-refractivity contribution is 0.0600. The van der Waals surface area contributed by atoms with Crippen molar-refractivity contribution in [2.24, 2.45) is 0 Å². The minimum absolute atomic E-state index is 0. The second-order valence-corrected chi connectivity index (χ2v) is 6.62. The third-order valence-corrected chi connectivity index (χ3v) is 4.80. The third-order valence-electron chi connectivity index (χ3n) is 4.80. The predicted molar refractivity (Wildman–Crippen MR) is 116 cm³/mol. The molecule has 0 aliphatic rings. The van der Waals surface area contributed by atoms with E-state index in [0.717, 1.165) is 30.0 Å². The van der Waals surface area contributed by atoms with Crippen molar-refractivity contribution in [3.05, 3.63) is 83.7 Å². The SMILES string of the molecule is COC(=O)c1ccc(-c2ccc(CNCCc3c[nH]c4ccccc34)o2)cc1.Cl. The Bertz CT molecular complexity index is 1080. The lowest BCUT2D eigenvalue weighted by Gasteiger charge is -2.03. The smallest absolute Gasteiger partial charge is 0.337 e. The first-order chi connectivity index (χ1) is 13.7. The van der Waals surface area contributed by atoms with Gasteiger partial charge in [0.1, 0.15) is 11.5 Å². The van der Waals surface area contributed by atoms with Gasteiger partial charge in [-0.25, -0.2) is 4.79 Å². The zero-order valence-corrected chi connectivity index (χ0v) is 16.9. The van der Waals surface area contributed by atoms with E-state index >= 15 is 0 Å². The highest BCUT2D eigenvalue weighted by atomic mass is 35.5. The maximum Gasteiger partial charge on any atom is 0.337 e. The molecule has 2 N–H and O–H groups in total. The molecule has 0 fully saturated rings. The highest BCUT2D eigenvalue weighted by molar-refractivity contribution is 5.89. The van der Waals surface area contributed by atoms with E-state index in [1.807, 2.05) is 30.3 Å². The number of para-hydroxylation sites is 1. The fourth-order valence-corrected chi connectivity index (χ4v) is 3.29. The van der Waals surface area contributed by atoms with E-state index in [0.29, 0.717) is 12.1 Å². The molecule has 150 valence electrons. The van der Waals surface area contributed by atoms with E-state index in [9.17, 15) is 4.79 Å². The van der Waals surface area contributed by atoms with Crippen LogP contribution in [0.25, 0.3) is 22.2 Å². The summed E-state index contributed by atoms with van der Waals surface area (Å²) in [7, 11) is 1.38. The van der Waals surface area contributed by atoms with Crippen molar-refractivity contribution in [2.75, 3.05) is 13.7 Å². The summed E-state index contributed by atoms with van der Waals surface area (Å²) in [6.45, 7) is 1.54. The first-order valence-electron chi connectivity index (χ1n) is 9.28. The highest BCUT2D eigenvalue weighted by Crippen LogP contribution is 2.23. The van der Waals surface area contributed by atoms with Gasteiger partial charge >= 0.3 is 5.97 Å². The van der Waals surface area contributed by atoms with Crippen LogP contribution in [0.2, 0.25) is 0 Å². The lowest BCUT2D eigenvalue weighted by Crippen LogP contribution is -2.16. The summed E-state index contributed by atoms with van der Waals surface area (Å²) in [4.78, 5) is 14.8. The number of benzene rings is 2. The quantitative estimate of drug-likeness (QED) is 0.333. The molecule has 0 saturated carbocycles. The molecular formula is C23H23ClN2O3. The normalized spacial score (nSPS) is 10.7. The number of aromatic nitrogens is 1. The topological polar surface area (TPSA) is 67.3 Å². The number of carbonyl (C=O) groups is 1. The minimum Gasteiger partial charge on any atom is -0.465 e. The predicted octanol–water partition coefficient (Wildman–Crippen LogP) is 4.97. The number of methoxy groups -OCH3 is 1. The van der Waals surface area contributed by atoms with Crippen LogP contribution in [0.4, 0.5) is 0 Å². The monoisotopic (exact) mass is 410 g/mol. The van der Waals surface area contributed by atoms with Crippen LogP contribution in [0.3, 0.4) is 0 Å². The molecule has 2 aromatic carbocycles. The van der Waals surface area contributed by atoms with Gasteiger partial charge in [0.2, 0.25) is 0 Å². The van der Waals surface area contributed by atoms with Gasteiger partial charge in [0, 0.05) is 22.7 Å². The van der Waals surface area contributed by atoms with Gasteiger partial charge in [-0.3, -0.25) is 0 Å². The minimum atomic E-state index is -0.342. The molecule has 4 aromatic rings. The van der Waals surface area contributed by atoms with Crippen LogP contribution in [0, 0.1) is 0 Å². The average Bonchev–Trinajstić information content (AvgIpc) is 3.38. The number of esters is 1. The largest absolute Gasteiger partial charge is 0.465 e. The van der Waals surface area contributed by atoms with Crippen LogP contribution < -0.4 is 5.32 Å². The van der Waals surface area contributed by atoms with Crippen LogP contribution >= 0.6 is 12.4 Å². The Kier molecular flexibility index (Phi) is 6.75. The summed E-state index contributed by atoms with van der Waals surface area (Å²) >= 11 is 0. The number of hydrogen-bond donors (Lipinski definition) is 2. The van der Waals surface area contributed by atoms with Crippen molar-refractivity contribution in [1.29, 1.82) is 0 Å². The van der Waals surface area contributed by atoms with E-state index in [1.165, 1.54) is 23.6 Å². The van der Waals surface area contributed by atoms with Gasteiger partial charge < -0.3 is 19.5 Å². The maximum atomic E-state index is 11.5. The molecule has 0 saturated heterocycles. The number of H-pyrrole nitrogens is 1. The molecule has 0 unspecified atom stereocenters. The van der Waals surface area contributed by atoms with Crippen LogP contribution in [0.15, 0.2) is 71.3 Å². The van der Waals surface area contributed by atoms with Gasteiger partial charge in [0.15, 0.2) is 0 Å². The van der Waals surface area contributed by atoms with Crippen LogP contribution in [0.1, 0.15) is 21.7 Å². The average molecular weight is 411 g/mol. The molecule has 2 heterocycles. The molecule has 0 aliphatic carbocycles. The van der Waals surface area contributed by atoms with E-state index in [1.54, 1.807) is 12.1 Å². The Morgan fingerprint density at radius 3 is 2.66 bits per heavy atom. The number of rotatable bonds is 7. The molecule has 0 amide bonds. The van der Waals surface area contributed by atoms with Gasteiger partial charge in [-0.05, 0) is 48.9 Å². The molecule has 2 aromatic heterocycles. The fraction of sp³-hybridized carbons (Fsp3) is 0.174. The van der Waals surface area contributed by atoms with Crippen LogP contribution in [-0.4, -0.2) is 24.6 Å². The van der Waals surface area contributed by atoms with E-state index in [4.69, 9.17) is 9.15 Å². The number of furan rings is 1. The summed E-state index contributed by atoms with van der Waals surface area (Å²) in [5, 5.41) is 4.71. The summed E-state index contributed by atoms with van der Waals surface area (Å²) in [5.74, 6) is 1.32. The summed E-state index contributed by atoms with van der Waals surface area (Å²) < 4.78 is 10.6. The van der Waals surface area contributed by atoms with Crippen molar-refractivity contribution in [3.63, 3.8) is 0 Å². The van der Waals surface area contributed by atoms with Gasteiger partial charge in [-0.15, -0.1) is 12.4 Å². The van der Waals surface area contributed by atoms with Crippen LogP contribution in [-0.2, 0) is 17.7 Å². The molecule has 0 bridgehead atoms. The molecule has 6 heteroatoms. The Morgan fingerprint density at radius 2 is 1.86 bits per heavy atom. The van der Waals surface area contributed by atoms with E-state index < -0.39 is 0 Å². The Hall–Kier alpha value is -3.02. The van der Waals surface area contributed by atoms with Gasteiger partial charge in [-0.1, -0.05) is 30.3 Å². The van der Waals surface area contributed by atoms with Crippen LogP contribution in [0.5, 0.6) is 0 Å². The molecule has 0 atom stereocenters. The van der Waals surface area contributed by atoms with E-state index in [-0.39, 0.29) is 18.4 Å². The van der Waals surface area contributed by atoms with E-state index in [2.05, 4.69) is 34.7 Å². The van der Waals surface area contributed by atoms with Gasteiger partial charge in [0.25, 0.3) is 0 Å².